The molecule has 0 radical (unpaired) electrons. The van der Waals surface area contributed by atoms with Gasteiger partial charge >= 0.3 is 0 Å². The molecule has 2 aromatic carbocycles. The van der Waals surface area contributed by atoms with E-state index in [2.05, 4.69) is 21.9 Å². The number of amides is 1. The first-order valence-electron chi connectivity index (χ1n) is 9.15. The number of benzene rings is 2. The fourth-order valence-corrected chi connectivity index (χ4v) is 3.27. The first-order chi connectivity index (χ1) is 13.0. The van der Waals surface area contributed by atoms with Gasteiger partial charge in [0.2, 0.25) is 5.91 Å². The summed E-state index contributed by atoms with van der Waals surface area (Å²) in [6, 6.07) is 14.4. The van der Waals surface area contributed by atoms with Gasteiger partial charge in [-0.1, -0.05) is 12.1 Å². The van der Waals surface area contributed by atoms with E-state index in [1.807, 2.05) is 18.2 Å². The first kappa shape index (κ1) is 19.2. The summed E-state index contributed by atoms with van der Waals surface area (Å²) in [5.41, 5.74) is 1.97. The van der Waals surface area contributed by atoms with Gasteiger partial charge in [0.05, 0.1) is 13.7 Å². The third-order valence-electron chi connectivity index (χ3n) is 4.90. The molecule has 0 atom stereocenters. The predicted molar refractivity (Wildman–Crippen MR) is 105 cm³/mol. The van der Waals surface area contributed by atoms with E-state index >= 15 is 0 Å². The number of ether oxygens (including phenoxy) is 1. The Kier molecular flexibility index (Phi) is 6.29. The van der Waals surface area contributed by atoms with Gasteiger partial charge in [0.1, 0.15) is 11.6 Å². The van der Waals surface area contributed by atoms with Gasteiger partial charge in [0.15, 0.2) is 0 Å². The zero-order chi connectivity index (χ0) is 19.2. The van der Waals surface area contributed by atoms with Gasteiger partial charge < -0.3 is 14.5 Å². The second kappa shape index (κ2) is 8.86. The van der Waals surface area contributed by atoms with Crippen molar-refractivity contribution in [2.45, 2.75) is 6.54 Å². The molecule has 0 aromatic heterocycles. The van der Waals surface area contributed by atoms with Gasteiger partial charge in [-0.3, -0.25) is 9.69 Å². The van der Waals surface area contributed by atoms with Crippen molar-refractivity contribution in [3.63, 3.8) is 0 Å². The summed E-state index contributed by atoms with van der Waals surface area (Å²) >= 11 is 0. The molecule has 27 heavy (non-hydrogen) atoms. The van der Waals surface area contributed by atoms with Gasteiger partial charge in [-0.15, -0.1) is 0 Å². The van der Waals surface area contributed by atoms with Gasteiger partial charge in [0.25, 0.3) is 0 Å². The van der Waals surface area contributed by atoms with Crippen LogP contribution in [0, 0.1) is 5.82 Å². The topological polar surface area (TPSA) is 36.0 Å². The van der Waals surface area contributed by atoms with Crippen LogP contribution in [-0.4, -0.2) is 62.6 Å². The summed E-state index contributed by atoms with van der Waals surface area (Å²) in [7, 11) is 3.43. The normalized spacial score (nSPS) is 14.9. The zero-order valence-electron chi connectivity index (χ0n) is 15.9. The number of hydrogen-bond donors (Lipinski definition) is 0. The maximum Gasteiger partial charge on any atom is 0.236 e. The number of likely N-dealkylation sites (N-methyl/N-ethyl adjacent to an activating group) is 1. The summed E-state index contributed by atoms with van der Waals surface area (Å²) in [5, 5.41) is 0. The molecule has 0 bridgehead atoms. The van der Waals surface area contributed by atoms with Crippen molar-refractivity contribution in [3.05, 3.63) is 59.9 Å². The van der Waals surface area contributed by atoms with E-state index in [4.69, 9.17) is 4.74 Å². The van der Waals surface area contributed by atoms with Crippen LogP contribution in [0.25, 0.3) is 0 Å². The lowest BCUT2D eigenvalue weighted by Gasteiger charge is -2.36. The Bertz CT molecular complexity index is 758. The number of piperazine rings is 1. The monoisotopic (exact) mass is 371 g/mol. The van der Waals surface area contributed by atoms with E-state index in [9.17, 15) is 9.18 Å². The van der Waals surface area contributed by atoms with Crippen LogP contribution in [0.5, 0.6) is 5.75 Å². The van der Waals surface area contributed by atoms with E-state index in [0.717, 1.165) is 37.5 Å². The molecule has 1 aliphatic rings. The smallest absolute Gasteiger partial charge is 0.236 e. The van der Waals surface area contributed by atoms with E-state index < -0.39 is 0 Å². The van der Waals surface area contributed by atoms with Crippen LogP contribution >= 0.6 is 0 Å². The Morgan fingerprint density at radius 1 is 1.11 bits per heavy atom. The van der Waals surface area contributed by atoms with Crippen LogP contribution in [-0.2, 0) is 11.3 Å². The molecule has 0 aliphatic carbocycles. The van der Waals surface area contributed by atoms with Gasteiger partial charge in [0, 0.05) is 45.5 Å². The fraction of sp³-hybridized carbons (Fsp3) is 0.381. The highest BCUT2D eigenvalue weighted by Gasteiger charge is 2.21. The molecule has 2 aromatic rings. The second-order valence-corrected chi connectivity index (χ2v) is 6.84. The molecule has 1 aliphatic heterocycles. The molecule has 5 nitrogen and oxygen atoms in total. The molecule has 1 heterocycles. The number of anilines is 1. The number of methoxy groups -OCH3 is 1. The largest absolute Gasteiger partial charge is 0.497 e. The molecule has 6 heteroatoms. The third-order valence-corrected chi connectivity index (χ3v) is 4.90. The lowest BCUT2D eigenvalue weighted by molar-refractivity contribution is -0.131. The van der Waals surface area contributed by atoms with Crippen LogP contribution in [0.3, 0.4) is 0 Å². The minimum absolute atomic E-state index is 0.0529. The van der Waals surface area contributed by atoms with E-state index in [1.54, 1.807) is 25.1 Å². The molecular formula is C21H26FN3O2. The summed E-state index contributed by atoms with van der Waals surface area (Å²) in [4.78, 5) is 18.6. The molecule has 1 fully saturated rings. The van der Waals surface area contributed by atoms with E-state index in [0.29, 0.717) is 13.1 Å². The number of hydrogen-bond acceptors (Lipinski definition) is 4. The lowest BCUT2D eigenvalue weighted by atomic mass is 10.2. The number of rotatable bonds is 6. The molecule has 1 saturated heterocycles. The Labute approximate surface area is 159 Å². The summed E-state index contributed by atoms with van der Waals surface area (Å²) in [6.07, 6.45) is 0. The maximum absolute atomic E-state index is 13.3. The van der Waals surface area contributed by atoms with Gasteiger partial charge in [-0.2, -0.15) is 0 Å². The van der Waals surface area contributed by atoms with Crippen LogP contribution < -0.4 is 9.64 Å². The molecular weight excluding hydrogens is 345 g/mol. The highest BCUT2D eigenvalue weighted by Crippen LogP contribution is 2.20. The number of halogens is 1. The molecule has 1 amide bonds. The number of carbonyl (C=O) groups is 1. The predicted octanol–water partition coefficient (Wildman–Crippen LogP) is 2.61. The fourth-order valence-electron chi connectivity index (χ4n) is 3.27. The van der Waals surface area contributed by atoms with Crippen molar-refractivity contribution in [2.24, 2.45) is 0 Å². The van der Waals surface area contributed by atoms with E-state index in [-0.39, 0.29) is 11.7 Å². The minimum atomic E-state index is -0.275. The highest BCUT2D eigenvalue weighted by molar-refractivity contribution is 5.78. The number of carbonyl (C=O) groups excluding carboxylic acids is 1. The molecule has 0 unspecified atom stereocenters. The summed E-state index contributed by atoms with van der Waals surface area (Å²) < 4.78 is 18.5. The van der Waals surface area contributed by atoms with E-state index in [1.165, 1.54) is 17.8 Å². The standard InChI is InChI=1S/C21H26FN3O2/c1-23(15-17-4-3-5-18(22)14-17)21(26)16-24-10-12-25(13-11-24)19-6-8-20(27-2)9-7-19/h3-9,14H,10-13,15-16H2,1-2H3. The molecule has 0 saturated carbocycles. The number of nitrogens with zero attached hydrogens (tertiary/aromatic N) is 3. The van der Waals surface area contributed by atoms with Crippen molar-refractivity contribution in [2.75, 3.05) is 51.8 Å². The Morgan fingerprint density at radius 2 is 1.81 bits per heavy atom. The third kappa shape index (κ3) is 5.20. The van der Waals surface area contributed by atoms with Crippen LogP contribution in [0.1, 0.15) is 5.56 Å². The average molecular weight is 371 g/mol. The van der Waals surface area contributed by atoms with Crippen molar-refractivity contribution in [3.8, 4) is 5.75 Å². The molecule has 3 rings (SSSR count). The molecule has 0 spiro atoms. The Hall–Kier alpha value is -2.60. The SMILES string of the molecule is COc1ccc(N2CCN(CC(=O)N(C)Cc3cccc(F)c3)CC2)cc1. The van der Waals surface area contributed by atoms with Crippen molar-refractivity contribution in [1.82, 2.24) is 9.80 Å². The van der Waals surface area contributed by atoms with Gasteiger partial charge in [-0.25, -0.2) is 4.39 Å². The van der Waals surface area contributed by atoms with Gasteiger partial charge in [-0.05, 0) is 42.0 Å². The highest BCUT2D eigenvalue weighted by atomic mass is 19.1. The summed E-state index contributed by atoms with van der Waals surface area (Å²) in [5.74, 6) is 0.629. The summed E-state index contributed by atoms with van der Waals surface area (Å²) in [6.45, 7) is 4.25. The maximum atomic E-state index is 13.3. The average Bonchev–Trinajstić information content (AvgIpc) is 2.68. The van der Waals surface area contributed by atoms with Crippen LogP contribution in [0.2, 0.25) is 0 Å². The Morgan fingerprint density at radius 3 is 2.44 bits per heavy atom. The minimum Gasteiger partial charge on any atom is -0.497 e. The van der Waals surface area contributed by atoms with Crippen molar-refractivity contribution < 1.29 is 13.9 Å². The first-order valence-corrected chi connectivity index (χ1v) is 9.15. The zero-order valence-corrected chi connectivity index (χ0v) is 15.9. The van der Waals surface area contributed by atoms with Crippen LogP contribution in [0.4, 0.5) is 10.1 Å². The lowest BCUT2D eigenvalue weighted by Crippen LogP contribution is -2.49. The quantitative estimate of drug-likeness (QED) is 0.782. The van der Waals surface area contributed by atoms with Crippen molar-refractivity contribution in [1.29, 1.82) is 0 Å². The Balaban J connectivity index is 1.47. The van der Waals surface area contributed by atoms with Crippen LogP contribution in [0.15, 0.2) is 48.5 Å². The molecule has 0 N–H and O–H groups in total. The molecule has 144 valence electrons. The van der Waals surface area contributed by atoms with Crippen molar-refractivity contribution >= 4 is 11.6 Å². The second-order valence-electron chi connectivity index (χ2n) is 6.84.